The zero-order chi connectivity index (χ0) is 14.8. The van der Waals surface area contributed by atoms with Gasteiger partial charge in [0, 0.05) is 30.1 Å². The number of piperidine rings is 1. The molecule has 2 aliphatic rings. The molecule has 2 unspecified atom stereocenters. The van der Waals surface area contributed by atoms with Gasteiger partial charge in [-0.05, 0) is 49.7 Å². The molecule has 0 aromatic carbocycles. The second-order valence-corrected chi connectivity index (χ2v) is 7.33. The summed E-state index contributed by atoms with van der Waals surface area (Å²) in [5, 5.41) is 2.13. The minimum atomic E-state index is 0. The van der Waals surface area contributed by atoms with Gasteiger partial charge in [-0.1, -0.05) is 6.42 Å². The Kier molecular flexibility index (Phi) is 6.26. The zero-order valence-electron chi connectivity index (χ0n) is 13.2. The summed E-state index contributed by atoms with van der Waals surface area (Å²) < 4.78 is 0. The van der Waals surface area contributed by atoms with Crippen molar-refractivity contribution in [1.29, 1.82) is 0 Å². The smallest absolute Gasteiger partial charge is 0.237 e. The van der Waals surface area contributed by atoms with E-state index in [1.165, 1.54) is 23.3 Å². The molecule has 0 aliphatic carbocycles. The van der Waals surface area contributed by atoms with Crippen molar-refractivity contribution in [3.63, 3.8) is 0 Å². The molecule has 3 heterocycles. The molecule has 2 aliphatic heterocycles. The number of nitrogens with two attached hydrogens (primary N) is 1. The average Bonchev–Trinajstić information content (AvgIpc) is 2.94. The summed E-state index contributed by atoms with van der Waals surface area (Å²) in [6, 6.07) is 2.66. The number of hydrogen-bond donors (Lipinski definition) is 1. The topological polar surface area (TPSA) is 49.6 Å². The molecule has 2 atom stereocenters. The van der Waals surface area contributed by atoms with Crippen LogP contribution in [0.25, 0.3) is 0 Å². The summed E-state index contributed by atoms with van der Waals surface area (Å²) in [6.45, 7) is 5.25. The number of halogens is 1. The minimum Gasteiger partial charge on any atom is -0.337 e. The fraction of sp³-hybridized carbons (Fsp3) is 0.688. The van der Waals surface area contributed by atoms with E-state index in [9.17, 15) is 4.79 Å². The highest BCUT2D eigenvalue weighted by molar-refractivity contribution is 7.10. The standard InChI is InChI=1S/C16H25N3OS.ClH/c1-12(17)14-4-2-3-7-18(14)11-16(20)19-8-5-15-13(10-19)6-9-21-15;/h6,9,12,14H,2-5,7-8,10-11,17H2,1H3;1H. The third-order valence-electron chi connectivity index (χ3n) is 4.77. The van der Waals surface area contributed by atoms with E-state index in [1.807, 2.05) is 16.2 Å². The first kappa shape index (κ1) is 17.7. The van der Waals surface area contributed by atoms with Crippen LogP contribution >= 0.6 is 23.7 Å². The Morgan fingerprint density at radius 3 is 3.05 bits per heavy atom. The molecule has 1 aromatic heterocycles. The predicted molar refractivity (Wildman–Crippen MR) is 93.5 cm³/mol. The molecule has 1 amide bonds. The van der Waals surface area contributed by atoms with Gasteiger partial charge in [0.15, 0.2) is 0 Å². The molecule has 1 saturated heterocycles. The van der Waals surface area contributed by atoms with Crippen LogP contribution in [-0.2, 0) is 17.8 Å². The molecule has 3 rings (SSSR count). The van der Waals surface area contributed by atoms with Crippen LogP contribution in [0.3, 0.4) is 0 Å². The maximum Gasteiger partial charge on any atom is 0.237 e. The summed E-state index contributed by atoms with van der Waals surface area (Å²) in [4.78, 5) is 18.4. The van der Waals surface area contributed by atoms with E-state index in [2.05, 4.69) is 23.3 Å². The molecule has 6 heteroatoms. The quantitative estimate of drug-likeness (QED) is 0.915. The van der Waals surface area contributed by atoms with Crippen molar-refractivity contribution in [1.82, 2.24) is 9.80 Å². The Morgan fingerprint density at radius 1 is 1.45 bits per heavy atom. The first-order valence-corrected chi connectivity index (χ1v) is 8.86. The number of likely N-dealkylation sites (tertiary alicyclic amines) is 1. The van der Waals surface area contributed by atoms with E-state index >= 15 is 0 Å². The summed E-state index contributed by atoms with van der Waals surface area (Å²) in [5.74, 6) is 0.263. The average molecular weight is 344 g/mol. The fourth-order valence-corrected chi connectivity index (χ4v) is 4.43. The molecule has 124 valence electrons. The molecular formula is C16H26ClN3OS. The lowest BCUT2D eigenvalue weighted by Gasteiger charge is -2.39. The Labute approximate surface area is 143 Å². The van der Waals surface area contributed by atoms with Crippen LogP contribution in [-0.4, -0.2) is 47.4 Å². The van der Waals surface area contributed by atoms with Gasteiger partial charge in [0.25, 0.3) is 0 Å². The lowest BCUT2D eigenvalue weighted by molar-refractivity contribution is -0.134. The number of carbonyl (C=O) groups excluding carboxylic acids is 1. The summed E-state index contributed by atoms with van der Waals surface area (Å²) in [7, 11) is 0. The first-order chi connectivity index (χ1) is 10.1. The van der Waals surface area contributed by atoms with E-state index in [1.54, 1.807) is 0 Å². The number of amides is 1. The van der Waals surface area contributed by atoms with Crippen molar-refractivity contribution in [2.75, 3.05) is 19.6 Å². The number of hydrogen-bond acceptors (Lipinski definition) is 4. The lowest BCUT2D eigenvalue weighted by Crippen LogP contribution is -2.53. The normalized spacial score (nSPS) is 23.5. The van der Waals surface area contributed by atoms with Crippen molar-refractivity contribution in [3.05, 3.63) is 21.9 Å². The van der Waals surface area contributed by atoms with Gasteiger partial charge in [0.1, 0.15) is 0 Å². The number of thiophene rings is 1. The second kappa shape index (κ2) is 7.77. The predicted octanol–water partition coefficient (Wildman–Crippen LogP) is 2.26. The van der Waals surface area contributed by atoms with Crippen LogP contribution < -0.4 is 5.73 Å². The number of carbonyl (C=O) groups is 1. The molecule has 0 spiro atoms. The van der Waals surface area contributed by atoms with Gasteiger partial charge < -0.3 is 10.6 Å². The fourth-order valence-electron chi connectivity index (χ4n) is 3.54. The second-order valence-electron chi connectivity index (χ2n) is 6.33. The van der Waals surface area contributed by atoms with Crippen LogP contribution in [0, 0.1) is 0 Å². The van der Waals surface area contributed by atoms with Crippen molar-refractivity contribution >= 4 is 29.7 Å². The third-order valence-corrected chi connectivity index (χ3v) is 5.79. The van der Waals surface area contributed by atoms with Crippen LogP contribution in [0.1, 0.15) is 36.6 Å². The largest absolute Gasteiger partial charge is 0.337 e. The van der Waals surface area contributed by atoms with E-state index in [0.717, 1.165) is 32.5 Å². The van der Waals surface area contributed by atoms with Crippen molar-refractivity contribution in [2.45, 2.75) is 51.2 Å². The van der Waals surface area contributed by atoms with Gasteiger partial charge in [-0.15, -0.1) is 23.7 Å². The Hall–Kier alpha value is -0.620. The van der Waals surface area contributed by atoms with Gasteiger partial charge in [0.05, 0.1) is 6.54 Å². The molecular weight excluding hydrogens is 318 g/mol. The van der Waals surface area contributed by atoms with Crippen LogP contribution in [0.2, 0.25) is 0 Å². The molecule has 0 radical (unpaired) electrons. The molecule has 2 N–H and O–H groups in total. The highest BCUT2D eigenvalue weighted by Gasteiger charge is 2.29. The molecule has 0 saturated carbocycles. The molecule has 22 heavy (non-hydrogen) atoms. The highest BCUT2D eigenvalue weighted by Crippen LogP contribution is 2.25. The summed E-state index contributed by atoms with van der Waals surface area (Å²) in [5.41, 5.74) is 7.43. The highest BCUT2D eigenvalue weighted by atomic mass is 35.5. The number of rotatable bonds is 3. The Balaban J connectivity index is 0.00000176. The first-order valence-electron chi connectivity index (χ1n) is 7.98. The third kappa shape index (κ3) is 3.82. The van der Waals surface area contributed by atoms with E-state index in [4.69, 9.17) is 5.73 Å². The molecule has 4 nitrogen and oxygen atoms in total. The van der Waals surface area contributed by atoms with E-state index in [-0.39, 0.29) is 24.4 Å². The summed E-state index contributed by atoms with van der Waals surface area (Å²) in [6.07, 6.45) is 4.55. The maximum atomic E-state index is 12.6. The summed E-state index contributed by atoms with van der Waals surface area (Å²) >= 11 is 1.81. The lowest BCUT2D eigenvalue weighted by atomic mass is 9.97. The maximum absolute atomic E-state index is 12.6. The van der Waals surface area contributed by atoms with Gasteiger partial charge in [-0.25, -0.2) is 0 Å². The van der Waals surface area contributed by atoms with Gasteiger partial charge in [0.2, 0.25) is 5.91 Å². The number of nitrogens with zero attached hydrogens (tertiary/aromatic N) is 2. The van der Waals surface area contributed by atoms with Crippen LogP contribution in [0.15, 0.2) is 11.4 Å². The minimum absolute atomic E-state index is 0. The van der Waals surface area contributed by atoms with Gasteiger partial charge in [-0.3, -0.25) is 9.69 Å². The van der Waals surface area contributed by atoms with Crippen molar-refractivity contribution in [2.24, 2.45) is 5.73 Å². The zero-order valence-corrected chi connectivity index (χ0v) is 14.8. The monoisotopic (exact) mass is 343 g/mol. The van der Waals surface area contributed by atoms with Crippen molar-refractivity contribution in [3.8, 4) is 0 Å². The van der Waals surface area contributed by atoms with E-state index in [0.29, 0.717) is 12.6 Å². The molecule has 1 fully saturated rings. The SMILES string of the molecule is CC(N)C1CCCCN1CC(=O)N1CCc2sccc2C1.Cl. The van der Waals surface area contributed by atoms with Gasteiger partial charge >= 0.3 is 0 Å². The molecule has 1 aromatic rings. The molecule has 0 bridgehead atoms. The van der Waals surface area contributed by atoms with E-state index < -0.39 is 0 Å². The Bertz CT molecular complexity index is 505. The number of fused-ring (bicyclic) bond motifs is 1. The van der Waals surface area contributed by atoms with Crippen LogP contribution in [0.4, 0.5) is 0 Å². The van der Waals surface area contributed by atoms with Crippen molar-refractivity contribution < 1.29 is 4.79 Å². The van der Waals surface area contributed by atoms with Crippen LogP contribution in [0.5, 0.6) is 0 Å². The Morgan fingerprint density at radius 2 is 2.27 bits per heavy atom. The van der Waals surface area contributed by atoms with Gasteiger partial charge in [-0.2, -0.15) is 0 Å².